The van der Waals surface area contributed by atoms with Crippen molar-refractivity contribution in [2.75, 3.05) is 11.6 Å². The number of benzene rings is 2. The monoisotopic (exact) mass is 292 g/mol. The summed E-state index contributed by atoms with van der Waals surface area (Å²) in [6.07, 6.45) is 1.89. The molecule has 0 amide bonds. The van der Waals surface area contributed by atoms with Gasteiger partial charge in [0.2, 0.25) is 0 Å². The fourth-order valence-corrected chi connectivity index (χ4v) is 2.42. The SMILES string of the molecule is CSc1cccc(Nc2cccc(Cl)c2F)c1C#N. The Labute approximate surface area is 120 Å². The van der Waals surface area contributed by atoms with Gasteiger partial charge in [0.25, 0.3) is 0 Å². The number of rotatable bonds is 3. The molecule has 0 aromatic heterocycles. The lowest BCUT2D eigenvalue weighted by atomic mass is 10.2. The largest absolute Gasteiger partial charge is 0.352 e. The molecule has 0 atom stereocenters. The molecule has 5 heteroatoms. The summed E-state index contributed by atoms with van der Waals surface area (Å²) in [5.74, 6) is -0.525. The van der Waals surface area contributed by atoms with Crippen molar-refractivity contribution >= 4 is 34.7 Å². The average molecular weight is 293 g/mol. The van der Waals surface area contributed by atoms with Crippen molar-refractivity contribution in [1.82, 2.24) is 0 Å². The lowest BCUT2D eigenvalue weighted by Gasteiger charge is -2.11. The lowest BCUT2D eigenvalue weighted by Crippen LogP contribution is -1.97. The number of anilines is 2. The smallest absolute Gasteiger partial charge is 0.165 e. The van der Waals surface area contributed by atoms with Gasteiger partial charge in [0.05, 0.1) is 22.0 Å². The second-order valence-electron chi connectivity index (χ2n) is 3.72. The van der Waals surface area contributed by atoms with Crippen LogP contribution in [-0.4, -0.2) is 6.26 Å². The Bertz CT molecular complexity index is 652. The molecule has 2 rings (SSSR count). The first kappa shape index (κ1) is 13.7. The van der Waals surface area contributed by atoms with Gasteiger partial charge in [0.1, 0.15) is 6.07 Å². The zero-order valence-corrected chi connectivity index (χ0v) is 11.6. The third-order valence-electron chi connectivity index (χ3n) is 2.58. The van der Waals surface area contributed by atoms with Crippen molar-refractivity contribution in [3.63, 3.8) is 0 Å². The molecule has 0 unspecified atom stereocenters. The molecule has 0 aliphatic rings. The molecule has 0 aliphatic carbocycles. The Morgan fingerprint density at radius 1 is 1.21 bits per heavy atom. The van der Waals surface area contributed by atoms with Crippen LogP contribution >= 0.6 is 23.4 Å². The van der Waals surface area contributed by atoms with E-state index >= 15 is 0 Å². The highest BCUT2D eigenvalue weighted by Crippen LogP contribution is 2.30. The molecule has 0 aliphatic heterocycles. The molecule has 96 valence electrons. The molecule has 2 aromatic rings. The number of hydrogen-bond acceptors (Lipinski definition) is 3. The number of nitriles is 1. The third-order valence-corrected chi connectivity index (χ3v) is 3.65. The van der Waals surface area contributed by atoms with Crippen molar-refractivity contribution < 1.29 is 4.39 Å². The van der Waals surface area contributed by atoms with E-state index < -0.39 is 5.82 Å². The van der Waals surface area contributed by atoms with Crippen LogP contribution in [0.3, 0.4) is 0 Å². The summed E-state index contributed by atoms with van der Waals surface area (Å²) in [5, 5.41) is 12.2. The summed E-state index contributed by atoms with van der Waals surface area (Å²) >= 11 is 7.20. The quantitative estimate of drug-likeness (QED) is 0.824. The van der Waals surface area contributed by atoms with Gasteiger partial charge in [-0.3, -0.25) is 0 Å². The van der Waals surface area contributed by atoms with Gasteiger partial charge in [0.15, 0.2) is 5.82 Å². The Hall–Kier alpha value is -1.70. The topological polar surface area (TPSA) is 35.8 Å². The predicted octanol–water partition coefficient (Wildman–Crippen LogP) is 4.82. The number of halogens is 2. The maximum Gasteiger partial charge on any atom is 0.165 e. The fourth-order valence-electron chi connectivity index (χ4n) is 1.67. The zero-order chi connectivity index (χ0) is 13.8. The van der Waals surface area contributed by atoms with Crippen LogP contribution in [0.1, 0.15) is 5.56 Å². The highest BCUT2D eigenvalue weighted by atomic mass is 35.5. The summed E-state index contributed by atoms with van der Waals surface area (Å²) in [6, 6.07) is 12.2. The molecule has 0 spiro atoms. The summed E-state index contributed by atoms with van der Waals surface area (Å²) in [7, 11) is 0. The molecule has 0 saturated heterocycles. The molecular formula is C14H10ClFN2S. The standard InChI is InChI=1S/C14H10ClFN2S/c1-19-13-7-3-5-11(9(13)8-17)18-12-6-2-4-10(15)14(12)16/h2-7,18H,1H3. The summed E-state index contributed by atoms with van der Waals surface area (Å²) in [5.41, 5.74) is 1.31. The summed E-state index contributed by atoms with van der Waals surface area (Å²) in [4.78, 5) is 0.843. The summed E-state index contributed by atoms with van der Waals surface area (Å²) in [6.45, 7) is 0. The van der Waals surface area contributed by atoms with Crippen molar-refractivity contribution in [2.24, 2.45) is 0 Å². The minimum absolute atomic E-state index is 0.0459. The molecule has 0 saturated carbocycles. The minimum atomic E-state index is -0.525. The predicted molar refractivity (Wildman–Crippen MR) is 77.6 cm³/mol. The molecule has 0 bridgehead atoms. The first-order valence-corrected chi connectivity index (χ1v) is 7.05. The van der Waals surface area contributed by atoms with Crippen molar-refractivity contribution in [1.29, 1.82) is 5.26 Å². The van der Waals surface area contributed by atoms with Gasteiger partial charge in [-0.25, -0.2) is 4.39 Å². The fraction of sp³-hybridized carbons (Fsp3) is 0.0714. The van der Waals surface area contributed by atoms with Crippen LogP contribution < -0.4 is 5.32 Å². The maximum absolute atomic E-state index is 13.8. The number of thioether (sulfide) groups is 1. The highest BCUT2D eigenvalue weighted by molar-refractivity contribution is 7.98. The normalized spacial score (nSPS) is 10.0. The van der Waals surface area contributed by atoms with Crippen molar-refractivity contribution in [2.45, 2.75) is 4.90 Å². The Morgan fingerprint density at radius 2 is 1.89 bits per heavy atom. The van der Waals surface area contributed by atoms with Crippen LogP contribution in [0.5, 0.6) is 0 Å². The molecule has 2 aromatic carbocycles. The molecule has 0 radical (unpaired) electrons. The molecular weight excluding hydrogens is 283 g/mol. The van der Waals surface area contributed by atoms with Crippen LogP contribution in [0.2, 0.25) is 5.02 Å². The molecule has 19 heavy (non-hydrogen) atoms. The number of nitrogens with zero attached hydrogens (tertiary/aromatic N) is 1. The van der Waals surface area contributed by atoms with E-state index in [4.69, 9.17) is 11.6 Å². The number of hydrogen-bond donors (Lipinski definition) is 1. The molecule has 2 nitrogen and oxygen atoms in total. The lowest BCUT2D eigenvalue weighted by molar-refractivity contribution is 0.632. The van der Waals surface area contributed by atoms with E-state index in [9.17, 15) is 9.65 Å². The maximum atomic E-state index is 13.8. The Kier molecular flexibility index (Phi) is 4.31. The Morgan fingerprint density at radius 3 is 2.58 bits per heavy atom. The van der Waals surface area contributed by atoms with E-state index in [1.165, 1.54) is 17.8 Å². The van der Waals surface area contributed by atoms with E-state index in [1.54, 1.807) is 18.2 Å². The molecule has 0 heterocycles. The van der Waals surface area contributed by atoms with Gasteiger partial charge < -0.3 is 5.32 Å². The van der Waals surface area contributed by atoms with Crippen LogP contribution in [0.15, 0.2) is 41.3 Å². The van der Waals surface area contributed by atoms with Crippen LogP contribution in [0, 0.1) is 17.1 Å². The molecule has 1 N–H and O–H groups in total. The first-order chi connectivity index (χ1) is 9.17. The van der Waals surface area contributed by atoms with Gasteiger partial charge in [-0.1, -0.05) is 23.7 Å². The zero-order valence-electron chi connectivity index (χ0n) is 10.1. The van der Waals surface area contributed by atoms with Gasteiger partial charge in [-0.2, -0.15) is 5.26 Å². The number of nitrogens with one attached hydrogen (secondary N) is 1. The van der Waals surface area contributed by atoms with E-state index in [0.717, 1.165) is 4.90 Å². The van der Waals surface area contributed by atoms with Crippen LogP contribution in [0.4, 0.5) is 15.8 Å². The van der Waals surface area contributed by atoms with Gasteiger partial charge in [0, 0.05) is 4.90 Å². The van der Waals surface area contributed by atoms with E-state index in [0.29, 0.717) is 11.3 Å². The summed E-state index contributed by atoms with van der Waals surface area (Å²) < 4.78 is 13.8. The van der Waals surface area contributed by atoms with Crippen molar-refractivity contribution in [3.8, 4) is 6.07 Å². The third kappa shape index (κ3) is 2.83. The highest BCUT2D eigenvalue weighted by Gasteiger charge is 2.11. The van der Waals surface area contributed by atoms with Gasteiger partial charge in [-0.15, -0.1) is 11.8 Å². The van der Waals surface area contributed by atoms with E-state index in [2.05, 4.69) is 11.4 Å². The van der Waals surface area contributed by atoms with Gasteiger partial charge in [-0.05, 0) is 30.5 Å². The first-order valence-electron chi connectivity index (χ1n) is 5.45. The average Bonchev–Trinajstić information content (AvgIpc) is 2.43. The second-order valence-corrected chi connectivity index (χ2v) is 4.98. The van der Waals surface area contributed by atoms with Crippen LogP contribution in [0.25, 0.3) is 0 Å². The van der Waals surface area contributed by atoms with Crippen LogP contribution in [-0.2, 0) is 0 Å². The van der Waals surface area contributed by atoms with E-state index in [1.807, 2.05) is 18.4 Å². The van der Waals surface area contributed by atoms with Gasteiger partial charge >= 0.3 is 0 Å². The molecule has 0 fully saturated rings. The second kappa shape index (κ2) is 5.96. The van der Waals surface area contributed by atoms with E-state index in [-0.39, 0.29) is 10.7 Å². The minimum Gasteiger partial charge on any atom is -0.352 e. The Balaban J connectivity index is 2.44. The van der Waals surface area contributed by atoms with Crippen molar-refractivity contribution in [3.05, 3.63) is 52.8 Å².